The molecule has 1 atom stereocenters. The molecule has 0 bridgehead atoms. The van der Waals surface area contributed by atoms with Crippen molar-refractivity contribution in [1.29, 1.82) is 0 Å². The predicted octanol–water partition coefficient (Wildman–Crippen LogP) is 2.22. The number of nitrogens with one attached hydrogen (secondary N) is 2. The highest BCUT2D eigenvalue weighted by Crippen LogP contribution is 2.26. The first kappa shape index (κ1) is 19.8. The average molecular weight is 398 g/mol. The van der Waals surface area contributed by atoms with Crippen molar-refractivity contribution in [2.45, 2.75) is 6.92 Å². The Hall–Kier alpha value is -3.95. The summed E-state index contributed by atoms with van der Waals surface area (Å²) in [6.07, 6.45) is 0. The van der Waals surface area contributed by atoms with Gasteiger partial charge in [0.05, 0.1) is 17.7 Å². The van der Waals surface area contributed by atoms with Crippen LogP contribution in [-0.4, -0.2) is 36.4 Å². The van der Waals surface area contributed by atoms with Crippen LogP contribution in [0, 0.1) is 23.0 Å². The third-order valence-corrected chi connectivity index (χ3v) is 4.48. The Kier molecular flexibility index (Phi) is 5.44. The number of aryl methyl sites for hydroxylation is 1. The molecule has 150 valence electrons. The Bertz CT molecular complexity index is 1010. The first-order chi connectivity index (χ1) is 13.8. The van der Waals surface area contributed by atoms with Crippen LogP contribution in [0.15, 0.2) is 42.5 Å². The fourth-order valence-corrected chi connectivity index (χ4v) is 2.92. The van der Waals surface area contributed by atoms with Crippen molar-refractivity contribution in [3.05, 3.63) is 58.1 Å². The Morgan fingerprint density at radius 2 is 2.03 bits per heavy atom. The van der Waals surface area contributed by atoms with E-state index in [-0.39, 0.29) is 23.6 Å². The van der Waals surface area contributed by atoms with Crippen molar-refractivity contribution in [2.75, 3.05) is 23.9 Å². The highest BCUT2D eigenvalue weighted by Gasteiger charge is 2.39. The molecule has 2 aromatic rings. The van der Waals surface area contributed by atoms with Crippen molar-refractivity contribution in [1.82, 2.24) is 5.32 Å². The molecule has 0 aromatic heterocycles. The number of ether oxygens (including phenoxy) is 1. The molecule has 0 spiro atoms. The summed E-state index contributed by atoms with van der Waals surface area (Å²) in [5.41, 5.74) is 0.738. The normalized spacial score (nSPS) is 16.2. The van der Waals surface area contributed by atoms with E-state index >= 15 is 0 Å². The van der Waals surface area contributed by atoms with E-state index in [1.54, 1.807) is 25.1 Å². The van der Waals surface area contributed by atoms with Gasteiger partial charge in [0.25, 0.3) is 5.69 Å². The zero-order valence-electron chi connectivity index (χ0n) is 15.7. The molecule has 3 rings (SSSR count). The molecule has 1 fully saturated rings. The Morgan fingerprint density at radius 1 is 1.28 bits per heavy atom. The second kappa shape index (κ2) is 7.97. The van der Waals surface area contributed by atoms with Crippen LogP contribution in [0.25, 0.3) is 0 Å². The average Bonchev–Trinajstić information content (AvgIpc) is 2.69. The molecule has 4 amide bonds. The molecule has 2 N–H and O–H groups in total. The summed E-state index contributed by atoms with van der Waals surface area (Å²) in [5, 5.41) is 16.1. The topological polar surface area (TPSA) is 131 Å². The van der Waals surface area contributed by atoms with Gasteiger partial charge in [0.1, 0.15) is 11.7 Å². The van der Waals surface area contributed by atoms with Crippen LogP contribution >= 0.6 is 0 Å². The van der Waals surface area contributed by atoms with Crippen molar-refractivity contribution >= 4 is 34.9 Å². The fourth-order valence-electron chi connectivity index (χ4n) is 2.92. The van der Waals surface area contributed by atoms with Gasteiger partial charge in [0.2, 0.25) is 11.8 Å². The molecule has 1 unspecified atom stereocenters. The number of imide groups is 1. The lowest BCUT2D eigenvalue weighted by molar-refractivity contribution is -0.385. The largest absolute Gasteiger partial charge is 0.497 e. The minimum atomic E-state index is -1.20. The van der Waals surface area contributed by atoms with Gasteiger partial charge in [-0.1, -0.05) is 12.1 Å². The Labute approximate surface area is 165 Å². The molecule has 0 saturated carbocycles. The summed E-state index contributed by atoms with van der Waals surface area (Å²) in [6, 6.07) is 9.89. The quantitative estimate of drug-likeness (QED) is 0.451. The summed E-state index contributed by atoms with van der Waals surface area (Å²) in [6.45, 7) is 1.40. The van der Waals surface area contributed by atoms with E-state index in [9.17, 15) is 24.5 Å². The summed E-state index contributed by atoms with van der Waals surface area (Å²) in [4.78, 5) is 49.1. The van der Waals surface area contributed by atoms with E-state index < -0.39 is 28.7 Å². The maximum atomic E-state index is 12.9. The van der Waals surface area contributed by atoms with Crippen molar-refractivity contribution < 1.29 is 24.0 Å². The van der Waals surface area contributed by atoms with E-state index in [4.69, 9.17) is 4.74 Å². The molecule has 1 aliphatic rings. The van der Waals surface area contributed by atoms with E-state index in [1.807, 2.05) is 0 Å². The zero-order valence-corrected chi connectivity index (χ0v) is 15.7. The number of hydrogen-bond acceptors (Lipinski definition) is 6. The lowest BCUT2D eigenvalue weighted by Gasteiger charge is -2.30. The number of carbonyl (C=O) groups excluding carboxylic acids is 3. The van der Waals surface area contributed by atoms with Crippen LogP contribution in [0.1, 0.15) is 5.56 Å². The molecule has 0 aliphatic carbocycles. The number of nitrogens with zero attached hydrogens (tertiary/aromatic N) is 2. The van der Waals surface area contributed by atoms with Gasteiger partial charge >= 0.3 is 6.03 Å². The molecule has 2 aromatic carbocycles. The molecule has 1 heterocycles. The van der Waals surface area contributed by atoms with Crippen molar-refractivity contribution in [3.63, 3.8) is 0 Å². The van der Waals surface area contributed by atoms with Gasteiger partial charge in [-0.05, 0) is 25.1 Å². The first-order valence-electron chi connectivity index (χ1n) is 8.63. The number of nitro benzene ring substituents is 1. The van der Waals surface area contributed by atoms with Crippen molar-refractivity contribution in [3.8, 4) is 5.75 Å². The van der Waals surface area contributed by atoms with E-state index in [2.05, 4.69) is 10.6 Å². The van der Waals surface area contributed by atoms with Crippen LogP contribution in [0.3, 0.4) is 0 Å². The number of nitro groups is 1. The number of hydrogen-bond donors (Lipinski definition) is 2. The maximum Gasteiger partial charge on any atom is 0.328 e. The molecule has 1 saturated heterocycles. The number of anilines is 2. The Morgan fingerprint density at radius 3 is 2.72 bits per heavy atom. The van der Waals surface area contributed by atoms with Crippen LogP contribution in [0.5, 0.6) is 5.75 Å². The monoisotopic (exact) mass is 398 g/mol. The third kappa shape index (κ3) is 4.00. The summed E-state index contributed by atoms with van der Waals surface area (Å²) in [5.74, 6) is -2.14. The number of methoxy groups -OCH3 is 1. The highest BCUT2D eigenvalue weighted by molar-refractivity contribution is 6.23. The molecule has 10 nitrogen and oxygen atoms in total. The number of benzene rings is 2. The summed E-state index contributed by atoms with van der Waals surface area (Å²) in [7, 11) is 1.45. The third-order valence-electron chi connectivity index (χ3n) is 4.48. The highest BCUT2D eigenvalue weighted by atomic mass is 16.6. The number of rotatable bonds is 5. The van der Waals surface area contributed by atoms with Crippen LogP contribution in [0.2, 0.25) is 0 Å². The number of carbonyl (C=O) groups is 3. The van der Waals surface area contributed by atoms with Gasteiger partial charge in [-0.2, -0.15) is 0 Å². The second-order valence-electron chi connectivity index (χ2n) is 6.36. The minimum absolute atomic E-state index is 0.149. The van der Waals surface area contributed by atoms with Crippen molar-refractivity contribution in [2.24, 2.45) is 5.92 Å². The SMILES string of the molecule is COc1cccc(N2C(=O)NCC(C(=O)Nc3ccc(C)c([N+](=O)[O-])c3)C2=O)c1. The molecular weight excluding hydrogens is 380 g/mol. The number of amides is 4. The maximum absolute atomic E-state index is 12.9. The molecule has 0 radical (unpaired) electrons. The van der Waals surface area contributed by atoms with Crippen LogP contribution in [0.4, 0.5) is 21.9 Å². The zero-order chi connectivity index (χ0) is 21.1. The first-order valence-corrected chi connectivity index (χ1v) is 8.63. The smallest absolute Gasteiger partial charge is 0.328 e. The summed E-state index contributed by atoms with van der Waals surface area (Å²) >= 11 is 0. The minimum Gasteiger partial charge on any atom is -0.497 e. The molecule has 1 aliphatic heterocycles. The van der Waals surface area contributed by atoms with Gasteiger partial charge in [-0.15, -0.1) is 0 Å². The fraction of sp³-hybridized carbons (Fsp3) is 0.211. The van der Waals surface area contributed by atoms with Gasteiger partial charge in [0.15, 0.2) is 0 Å². The van der Waals surface area contributed by atoms with E-state index in [1.165, 1.54) is 31.4 Å². The lowest BCUT2D eigenvalue weighted by Crippen LogP contribution is -2.58. The van der Waals surface area contributed by atoms with Gasteiger partial charge in [0, 0.05) is 29.9 Å². The van der Waals surface area contributed by atoms with E-state index in [0.29, 0.717) is 11.3 Å². The standard InChI is InChI=1S/C19H18N4O6/c1-11-6-7-12(8-16(11)23(27)28)21-17(24)15-10-20-19(26)22(18(15)25)13-4-3-5-14(9-13)29-2/h3-9,15H,10H2,1-2H3,(H,20,26)(H,21,24). The predicted molar refractivity (Wildman–Crippen MR) is 104 cm³/mol. The van der Waals surface area contributed by atoms with Crippen LogP contribution in [-0.2, 0) is 9.59 Å². The van der Waals surface area contributed by atoms with E-state index in [0.717, 1.165) is 4.90 Å². The van der Waals surface area contributed by atoms with Gasteiger partial charge < -0.3 is 15.4 Å². The molecule has 10 heteroatoms. The Balaban J connectivity index is 1.82. The van der Waals surface area contributed by atoms with Gasteiger partial charge in [-0.25, -0.2) is 9.69 Å². The second-order valence-corrected chi connectivity index (χ2v) is 6.36. The van der Waals surface area contributed by atoms with Crippen LogP contribution < -0.4 is 20.3 Å². The van der Waals surface area contributed by atoms with Gasteiger partial charge in [-0.3, -0.25) is 19.7 Å². The molecule has 29 heavy (non-hydrogen) atoms. The lowest BCUT2D eigenvalue weighted by atomic mass is 10.0. The molecular formula is C19H18N4O6. The number of urea groups is 1. The summed E-state index contributed by atoms with van der Waals surface area (Å²) < 4.78 is 5.11.